The second kappa shape index (κ2) is 5.17. The zero-order valence-corrected chi connectivity index (χ0v) is 10.8. The molecule has 0 radical (unpaired) electrons. The van der Waals surface area contributed by atoms with Gasteiger partial charge in [-0.3, -0.25) is 0 Å². The molecule has 0 spiro atoms. The Labute approximate surface area is 108 Å². The highest BCUT2D eigenvalue weighted by Crippen LogP contribution is 2.47. The molecule has 2 aliphatic carbocycles. The molecule has 2 N–H and O–H groups in total. The van der Waals surface area contributed by atoms with Gasteiger partial charge in [-0.1, -0.05) is 6.42 Å². The molecule has 4 nitrogen and oxygen atoms in total. The fraction of sp³-hybridized carbons (Fsp3) is 0.929. The number of hydrogen-bond acceptors (Lipinski definition) is 3. The maximum Gasteiger partial charge on any atom is 0.332 e. The number of carbonyl (C=O) groups is 1. The van der Waals surface area contributed by atoms with Gasteiger partial charge in [-0.15, -0.1) is 0 Å². The highest BCUT2D eigenvalue weighted by Gasteiger charge is 2.39. The van der Waals surface area contributed by atoms with Gasteiger partial charge in [0.2, 0.25) is 0 Å². The minimum Gasteiger partial charge on any atom is -0.479 e. The number of carboxylic acids is 1. The van der Waals surface area contributed by atoms with Crippen LogP contribution in [-0.4, -0.2) is 36.4 Å². The van der Waals surface area contributed by atoms with Crippen LogP contribution in [0.15, 0.2) is 0 Å². The van der Waals surface area contributed by atoms with Crippen molar-refractivity contribution >= 4 is 5.97 Å². The molecule has 2 bridgehead atoms. The lowest BCUT2D eigenvalue weighted by Crippen LogP contribution is -2.33. The van der Waals surface area contributed by atoms with E-state index in [9.17, 15) is 4.79 Å². The van der Waals surface area contributed by atoms with Crippen molar-refractivity contribution in [3.05, 3.63) is 0 Å². The lowest BCUT2D eigenvalue weighted by Gasteiger charge is -2.22. The van der Waals surface area contributed by atoms with Crippen LogP contribution in [0.5, 0.6) is 0 Å². The van der Waals surface area contributed by atoms with Crippen LogP contribution in [0.3, 0.4) is 0 Å². The van der Waals surface area contributed by atoms with E-state index in [1.807, 2.05) is 0 Å². The summed E-state index contributed by atoms with van der Waals surface area (Å²) in [5.41, 5.74) is 0. The predicted octanol–water partition coefficient (Wildman–Crippen LogP) is 1.64. The Kier molecular flexibility index (Phi) is 3.57. The Bertz CT molecular complexity index is 320. The standard InChI is InChI=1S/C14H23NO3/c16-14(17)13-4-3-12(18-13)8-15-7-11-6-9-1-2-10(11)5-9/h9-13,15H,1-8H2,(H,16,17). The van der Waals surface area contributed by atoms with Crippen LogP contribution in [0.2, 0.25) is 0 Å². The highest BCUT2D eigenvalue weighted by atomic mass is 16.5. The van der Waals surface area contributed by atoms with Crippen LogP contribution >= 0.6 is 0 Å². The number of nitrogens with one attached hydrogen (secondary N) is 1. The number of carboxylic acid groups (broad SMARTS) is 1. The Balaban J connectivity index is 1.35. The molecule has 1 saturated heterocycles. The fourth-order valence-electron chi connectivity index (χ4n) is 4.09. The largest absolute Gasteiger partial charge is 0.479 e. The van der Waals surface area contributed by atoms with E-state index in [4.69, 9.17) is 9.84 Å². The van der Waals surface area contributed by atoms with Gasteiger partial charge in [-0.25, -0.2) is 4.79 Å². The van der Waals surface area contributed by atoms with Crippen molar-refractivity contribution in [2.75, 3.05) is 13.1 Å². The summed E-state index contributed by atoms with van der Waals surface area (Å²) in [5, 5.41) is 12.4. The van der Waals surface area contributed by atoms with Crippen molar-refractivity contribution in [1.29, 1.82) is 0 Å². The van der Waals surface area contributed by atoms with E-state index in [1.165, 1.54) is 25.7 Å². The van der Waals surface area contributed by atoms with Gasteiger partial charge in [0.15, 0.2) is 6.10 Å². The number of fused-ring (bicyclic) bond motifs is 2. The molecule has 5 unspecified atom stereocenters. The monoisotopic (exact) mass is 253 g/mol. The number of ether oxygens (including phenoxy) is 1. The Morgan fingerprint density at radius 2 is 2.06 bits per heavy atom. The van der Waals surface area contributed by atoms with Gasteiger partial charge >= 0.3 is 5.97 Å². The molecule has 5 atom stereocenters. The smallest absolute Gasteiger partial charge is 0.332 e. The maximum absolute atomic E-state index is 10.8. The SMILES string of the molecule is O=C(O)C1CCC(CNCC2CC3CCC2C3)O1. The van der Waals surface area contributed by atoms with Gasteiger partial charge in [0.1, 0.15) is 0 Å². The summed E-state index contributed by atoms with van der Waals surface area (Å²) in [6.07, 6.45) is 6.81. The van der Waals surface area contributed by atoms with Crippen molar-refractivity contribution in [2.24, 2.45) is 17.8 Å². The normalized spacial score (nSPS) is 42.6. The van der Waals surface area contributed by atoms with Crippen molar-refractivity contribution in [3.8, 4) is 0 Å². The van der Waals surface area contributed by atoms with Gasteiger partial charge < -0.3 is 15.2 Å². The molecule has 0 aromatic carbocycles. The second-order valence-electron chi connectivity index (χ2n) is 6.26. The van der Waals surface area contributed by atoms with E-state index < -0.39 is 12.1 Å². The van der Waals surface area contributed by atoms with E-state index in [2.05, 4.69) is 5.32 Å². The summed E-state index contributed by atoms with van der Waals surface area (Å²) in [6, 6.07) is 0. The van der Waals surface area contributed by atoms with Gasteiger partial charge in [-0.2, -0.15) is 0 Å². The summed E-state index contributed by atoms with van der Waals surface area (Å²) in [4.78, 5) is 10.8. The third-order valence-electron chi connectivity index (χ3n) is 5.05. The average Bonchev–Trinajstić information content (AvgIpc) is 3.03. The summed E-state index contributed by atoms with van der Waals surface area (Å²) < 4.78 is 5.49. The van der Waals surface area contributed by atoms with Crippen LogP contribution in [0.25, 0.3) is 0 Å². The number of aliphatic carboxylic acids is 1. The maximum atomic E-state index is 10.8. The lowest BCUT2D eigenvalue weighted by atomic mass is 9.89. The van der Waals surface area contributed by atoms with Crippen molar-refractivity contribution in [1.82, 2.24) is 5.32 Å². The first kappa shape index (κ1) is 12.4. The second-order valence-corrected chi connectivity index (χ2v) is 6.26. The van der Waals surface area contributed by atoms with Crippen LogP contribution in [0.4, 0.5) is 0 Å². The zero-order valence-electron chi connectivity index (χ0n) is 10.8. The van der Waals surface area contributed by atoms with Crippen molar-refractivity contribution in [2.45, 2.75) is 50.7 Å². The molecular weight excluding hydrogens is 230 g/mol. The quantitative estimate of drug-likeness (QED) is 0.782. The molecule has 18 heavy (non-hydrogen) atoms. The van der Waals surface area contributed by atoms with Crippen LogP contribution < -0.4 is 5.32 Å². The summed E-state index contributed by atoms with van der Waals surface area (Å²) in [7, 11) is 0. The molecule has 0 aromatic heterocycles. The van der Waals surface area contributed by atoms with Gasteiger partial charge in [0, 0.05) is 6.54 Å². The first-order valence-corrected chi connectivity index (χ1v) is 7.31. The van der Waals surface area contributed by atoms with Gasteiger partial charge in [-0.05, 0) is 56.4 Å². The lowest BCUT2D eigenvalue weighted by molar-refractivity contribution is -0.149. The van der Waals surface area contributed by atoms with Crippen molar-refractivity contribution < 1.29 is 14.6 Å². The molecule has 3 rings (SSSR count). The van der Waals surface area contributed by atoms with E-state index in [1.54, 1.807) is 0 Å². The highest BCUT2D eigenvalue weighted by molar-refractivity contribution is 5.72. The third kappa shape index (κ3) is 2.54. The van der Waals surface area contributed by atoms with E-state index in [0.29, 0.717) is 6.42 Å². The first-order valence-electron chi connectivity index (χ1n) is 7.31. The Hall–Kier alpha value is -0.610. The summed E-state index contributed by atoms with van der Waals surface area (Å²) >= 11 is 0. The molecule has 0 aromatic rings. The molecule has 4 heteroatoms. The first-order chi connectivity index (χ1) is 8.72. The number of rotatable bonds is 5. The molecule has 3 aliphatic rings. The predicted molar refractivity (Wildman–Crippen MR) is 67.3 cm³/mol. The average molecular weight is 253 g/mol. The molecule has 3 fully saturated rings. The topological polar surface area (TPSA) is 58.6 Å². The molecular formula is C14H23NO3. The molecule has 1 heterocycles. The fourth-order valence-corrected chi connectivity index (χ4v) is 4.09. The Morgan fingerprint density at radius 3 is 2.67 bits per heavy atom. The van der Waals surface area contributed by atoms with Gasteiger partial charge in [0.25, 0.3) is 0 Å². The third-order valence-corrected chi connectivity index (χ3v) is 5.05. The van der Waals surface area contributed by atoms with Crippen molar-refractivity contribution in [3.63, 3.8) is 0 Å². The van der Waals surface area contributed by atoms with Crippen LogP contribution in [0, 0.1) is 17.8 Å². The molecule has 2 saturated carbocycles. The minimum atomic E-state index is -0.814. The zero-order chi connectivity index (χ0) is 12.5. The van der Waals surface area contributed by atoms with E-state index in [-0.39, 0.29) is 6.10 Å². The summed E-state index contributed by atoms with van der Waals surface area (Å²) in [5.74, 6) is 2.01. The van der Waals surface area contributed by atoms with Crippen LogP contribution in [0.1, 0.15) is 38.5 Å². The minimum absolute atomic E-state index is 0.102. The molecule has 102 valence electrons. The molecule has 0 amide bonds. The van der Waals surface area contributed by atoms with E-state index >= 15 is 0 Å². The molecule has 1 aliphatic heterocycles. The summed E-state index contributed by atoms with van der Waals surface area (Å²) in [6.45, 7) is 1.91. The van der Waals surface area contributed by atoms with E-state index in [0.717, 1.165) is 37.3 Å². The Morgan fingerprint density at radius 1 is 1.17 bits per heavy atom. The van der Waals surface area contributed by atoms with Gasteiger partial charge in [0.05, 0.1) is 6.10 Å². The van der Waals surface area contributed by atoms with Crippen LogP contribution in [-0.2, 0) is 9.53 Å². The number of hydrogen-bond donors (Lipinski definition) is 2.